The number of hydrogen-bond acceptors (Lipinski definition) is 4. The molecule has 0 aliphatic carbocycles. The number of halogens is 1. The second-order valence-electron chi connectivity index (χ2n) is 5.69. The molecule has 1 heterocycles. The Kier molecular flexibility index (Phi) is 5.66. The Morgan fingerprint density at radius 1 is 1.43 bits per heavy atom. The van der Waals surface area contributed by atoms with Gasteiger partial charge in [-0.3, -0.25) is 0 Å². The SMILES string of the molecule is CNC(CCN(C)C1CCS(=O)(=O)C1)c1ccccc1Cl. The minimum atomic E-state index is -2.82. The van der Waals surface area contributed by atoms with Gasteiger partial charge in [0.2, 0.25) is 0 Å². The summed E-state index contributed by atoms with van der Waals surface area (Å²) in [5.74, 6) is 0.613. The van der Waals surface area contributed by atoms with E-state index in [-0.39, 0.29) is 12.1 Å². The van der Waals surface area contributed by atoms with E-state index in [1.807, 2.05) is 38.4 Å². The molecule has 0 amide bonds. The average Bonchev–Trinajstić information content (AvgIpc) is 2.81. The Morgan fingerprint density at radius 3 is 2.71 bits per heavy atom. The molecule has 6 heteroatoms. The summed E-state index contributed by atoms with van der Waals surface area (Å²) < 4.78 is 23.1. The molecule has 118 valence electrons. The Morgan fingerprint density at radius 2 is 2.14 bits per heavy atom. The van der Waals surface area contributed by atoms with Crippen LogP contribution < -0.4 is 5.32 Å². The molecule has 2 rings (SSSR count). The zero-order valence-corrected chi connectivity index (χ0v) is 14.1. The zero-order valence-electron chi connectivity index (χ0n) is 12.5. The molecule has 1 N–H and O–H groups in total. The van der Waals surface area contributed by atoms with Crippen molar-refractivity contribution in [2.75, 3.05) is 32.1 Å². The van der Waals surface area contributed by atoms with Crippen molar-refractivity contribution >= 4 is 21.4 Å². The molecule has 1 aliphatic heterocycles. The quantitative estimate of drug-likeness (QED) is 0.868. The number of nitrogens with one attached hydrogen (secondary N) is 1. The molecule has 0 radical (unpaired) electrons. The molecule has 0 saturated carbocycles. The second-order valence-corrected chi connectivity index (χ2v) is 8.32. The van der Waals surface area contributed by atoms with Crippen LogP contribution in [0.25, 0.3) is 0 Å². The molecule has 2 unspecified atom stereocenters. The highest BCUT2D eigenvalue weighted by molar-refractivity contribution is 7.91. The summed E-state index contributed by atoms with van der Waals surface area (Å²) in [5, 5.41) is 4.06. The molecule has 0 bridgehead atoms. The first-order valence-corrected chi connectivity index (χ1v) is 9.45. The lowest BCUT2D eigenvalue weighted by Crippen LogP contribution is -2.35. The van der Waals surface area contributed by atoms with E-state index in [1.165, 1.54) is 0 Å². The van der Waals surface area contributed by atoms with Crippen LogP contribution in [0.1, 0.15) is 24.4 Å². The summed E-state index contributed by atoms with van der Waals surface area (Å²) in [6, 6.07) is 8.17. The first kappa shape index (κ1) is 16.7. The summed E-state index contributed by atoms with van der Waals surface area (Å²) in [5.41, 5.74) is 1.09. The summed E-state index contributed by atoms with van der Waals surface area (Å²) >= 11 is 6.24. The van der Waals surface area contributed by atoms with Crippen LogP contribution in [0.5, 0.6) is 0 Å². The van der Waals surface area contributed by atoms with Crippen molar-refractivity contribution in [2.24, 2.45) is 0 Å². The Balaban J connectivity index is 1.93. The smallest absolute Gasteiger partial charge is 0.151 e. The predicted molar refractivity (Wildman–Crippen MR) is 87.6 cm³/mol. The van der Waals surface area contributed by atoms with Gasteiger partial charge in [0.05, 0.1) is 11.5 Å². The van der Waals surface area contributed by atoms with Gasteiger partial charge in [-0.15, -0.1) is 0 Å². The lowest BCUT2D eigenvalue weighted by Gasteiger charge is -2.26. The number of rotatable bonds is 6. The van der Waals surface area contributed by atoms with Gasteiger partial charge in [0.15, 0.2) is 9.84 Å². The van der Waals surface area contributed by atoms with Gasteiger partial charge in [-0.1, -0.05) is 29.8 Å². The first-order chi connectivity index (χ1) is 9.93. The lowest BCUT2D eigenvalue weighted by molar-refractivity contribution is 0.248. The number of nitrogens with zero attached hydrogens (tertiary/aromatic N) is 1. The van der Waals surface area contributed by atoms with Crippen LogP contribution in [0.4, 0.5) is 0 Å². The van der Waals surface area contributed by atoms with Gasteiger partial charge in [-0.05, 0) is 45.1 Å². The third-order valence-corrected chi connectivity index (χ3v) is 6.33. The molecule has 2 atom stereocenters. The molecule has 1 aromatic carbocycles. The van der Waals surface area contributed by atoms with E-state index in [9.17, 15) is 8.42 Å². The van der Waals surface area contributed by atoms with Crippen molar-refractivity contribution in [1.82, 2.24) is 10.2 Å². The number of sulfone groups is 1. The van der Waals surface area contributed by atoms with Gasteiger partial charge in [0.1, 0.15) is 0 Å². The van der Waals surface area contributed by atoms with E-state index in [2.05, 4.69) is 10.2 Å². The van der Waals surface area contributed by atoms with Crippen LogP contribution in [0.15, 0.2) is 24.3 Å². The third-order valence-electron chi connectivity index (χ3n) is 4.23. The van der Waals surface area contributed by atoms with E-state index < -0.39 is 9.84 Å². The van der Waals surface area contributed by atoms with Crippen LogP contribution >= 0.6 is 11.6 Å². The minimum Gasteiger partial charge on any atom is -0.313 e. The molecule has 1 fully saturated rings. The Hall–Kier alpha value is -0.620. The summed E-state index contributed by atoms with van der Waals surface area (Å²) in [6.07, 6.45) is 1.64. The molecule has 1 aliphatic rings. The standard InChI is InChI=1S/C15H23ClN2O2S/c1-17-15(13-5-3-4-6-14(13)16)7-9-18(2)12-8-10-21(19,20)11-12/h3-6,12,15,17H,7-11H2,1-2H3. The van der Waals surface area contributed by atoms with Gasteiger partial charge in [0.25, 0.3) is 0 Å². The first-order valence-electron chi connectivity index (χ1n) is 7.25. The molecule has 0 spiro atoms. The van der Waals surface area contributed by atoms with Crippen LogP contribution in [0.3, 0.4) is 0 Å². The number of benzene rings is 1. The van der Waals surface area contributed by atoms with Gasteiger partial charge in [-0.25, -0.2) is 8.42 Å². The van der Waals surface area contributed by atoms with E-state index in [1.54, 1.807) is 0 Å². The second kappa shape index (κ2) is 7.09. The monoisotopic (exact) mass is 330 g/mol. The average molecular weight is 331 g/mol. The minimum absolute atomic E-state index is 0.152. The molecule has 1 aromatic rings. The fourth-order valence-corrected chi connectivity index (χ4v) is 4.92. The van der Waals surface area contributed by atoms with E-state index in [4.69, 9.17) is 11.6 Å². The van der Waals surface area contributed by atoms with Crippen molar-refractivity contribution in [3.8, 4) is 0 Å². The van der Waals surface area contributed by atoms with Crippen LogP contribution in [0, 0.1) is 0 Å². The van der Waals surface area contributed by atoms with E-state index in [0.717, 1.165) is 30.0 Å². The fraction of sp³-hybridized carbons (Fsp3) is 0.600. The predicted octanol–water partition coefficient (Wildman–Crippen LogP) is 2.11. The van der Waals surface area contributed by atoms with Crippen LogP contribution in [-0.2, 0) is 9.84 Å². The fourth-order valence-electron chi connectivity index (χ4n) is 2.85. The van der Waals surface area contributed by atoms with Crippen molar-refractivity contribution in [2.45, 2.75) is 24.9 Å². The van der Waals surface area contributed by atoms with Gasteiger partial charge < -0.3 is 10.2 Å². The van der Waals surface area contributed by atoms with Crippen molar-refractivity contribution in [3.05, 3.63) is 34.9 Å². The lowest BCUT2D eigenvalue weighted by atomic mass is 10.0. The maximum Gasteiger partial charge on any atom is 0.151 e. The highest BCUT2D eigenvalue weighted by atomic mass is 35.5. The van der Waals surface area contributed by atoms with E-state index >= 15 is 0 Å². The largest absolute Gasteiger partial charge is 0.313 e. The third kappa shape index (κ3) is 4.42. The van der Waals surface area contributed by atoms with Crippen molar-refractivity contribution in [1.29, 1.82) is 0 Å². The maximum absolute atomic E-state index is 11.5. The van der Waals surface area contributed by atoms with Crippen LogP contribution in [0.2, 0.25) is 5.02 Å². The van der Waals surface area contributed by atoms with Gasteiger partial charge >= 0.3 is 0 Å². The van der Waals surface area contributed by atoms with Crippen molar-refractivity contribution < 1.29 is 8.42 Å². The summed E-state index contributed by atoms with van der Waals surface area (Å²) in [4.78, 5) is 2.16. The molecule has 1 saturated heterocycles. The van der Waals surface area contributed by atoms with Gasteiger partial charge in [0, 0.05) is 17.1 Å². The molecular formula is C15H23ClN2O2S. The Bertz CT molecular complexity index is 577. The molecule has 4 nitrogen and oxygen atoms in total. The summed E-state index contributed by atoms with van der Waals surface area (Å²) in [7, 11) is 1.11. The van der Waals surface area contributed by atoms with Crippen molar-refractivity contribution in [3.63, 3.8) is 0 Å². The maximum atomic E-state index is 11.5. The molecular weight excluding hydrogens is 308 g/mol. The molecule has 21 heavy (non-hydrogen) atoms. The zero-order chi connectivity index (χ0) is 15.5. The highest BCUT2D eigenvalue weighted by Gasteiger charge is 2.30. The normalized spacial score (nSPS) is 22.6. The van der Waals surface area contributed by atoms with Gasteiger partial charge in [-0.2, -0.15) is 0 Å². The van der Waals surface area contributed by atoms with E-state index in [0.29, 0.717) is 11.5 Å². The summed E-state index contributed by atoms with van der Waals surface area (Å²) in [6.45, 7) is 0.844. The molecule has 0 aromatic heterocycles. The topological polar surface area (TPSA) is 49.4 Å². The number of hydrogen-bond donors (Lipinski definition) is 1. The highest BCUT2D eigenvalue weighted by Crippen LogP contribution is 2.25. The Labute approximate surface area is 132 Å². The van der Waals surface area contributed by atoms with Crippen LogP contribution in [-0.4, -0.2) is 51.5 Å².